The fourth-order valence-electron chi connectivity index (χ4n) is 2.46. The van der Waals surface area contributed by atoms with Crippen LogP contribution in [-0.4, -0.2) is 21.6 Å². The van der Waals surface area contributed by atoms with E-state index in [4.69, 9.17) is 0 Å². The summed E-state index contributed by atoms with van der Waals surface area (Å²) in [6, 6.07) is 17.7. The summed E-state index contributed by atoms with van der Waals surface area (Å²) in [5.74, 6) is -0.761. The maximum atomic E-state index is 12.7. The molecule has 0 spiro atoms. The third-order valence-corrected chi connectivity index (χ3v) is 3.54. The Hall–Kier alpha value is -3.48. The normalized spacial score (nSPS) is 10.4. The van der Waals surface area contributed by atoms with Crippen molar-refractivity contribution in [2.45, 2.75) is 13.5 Å². The molecule has 126 valence electrons. The number of Topliss-reactive ketones (excluding diaryl/α,β-unsaturated/α-hetero) is 1. The Morgan fingerprint density at radius 3 is 2.24 bits per heavy atom. The van der Waals surface area contributed by atoms with Crippen LogP contribution in [0, 0.1) is 0 Å². The van der Waals surface area contributed by atoms with Crippen LogP contribution in [0.1, 0.15) is 17.4 Å². The lowest BCUT2D eigenvalue weighted by atomic mass is 10.3. The zero-order valence-corrected chi connectivity index (χ0v) is 13.6. The molecule has 0 atom stereocenters. The monoisotopic (exact) mass is 337 g/mol. The van der Waals surface area contributed by atoms with Gasteiger partial charge in [-0.1, -0.05) is 46.3 Å². The predicted octanol–water partition coefficient (Wildman–Crippen LogP) is 1.29. The van der Waals surface area contributed by atoms with E-state index >= 15 is 0 Å². The number of ketones is 1. The Morgan fingerprint density at radius 1 is 1.04 bits per heavy atom. The van der Waals surface area contributed by atoms with Crippen molar-refractivity contribution in [1.29, 1.82) is 0 Å². The van der Waals surface area contributed by atoms with Crippen molar-refractivity contribution in [3.8, 4) is 5.69 Å². The first kappa shape index (κ1) is 16.4. The second-order valence-electron chi connectivity index (χ2n) is 5.53. The van der Waals surface area contributed by atoms with Crippen molar-refractivity contribution in [3.05, 3.63) is 76.7 Å². The second kappa shape index (κ2) is 6.96. The van der Waals surface area contributed by atoms with E-state index in [0.717, 1.165) is 0 Å². The number of aromatic amines is 1. The van der Waals surface area contributed by atoms with Gasteiger partial charge in [-0.05, 0) is 31.2 Å². The molecule has 7 nitrogen and oxygen atoms in total. The molecule has 0 saturated heterocycles. The average molecular weight is 337 g/mol. The molecule has 1 heterocycles. The van der Waals surface area contributed by atoms with Gasteiger partial charge in [0.25, 0.3) is 0 Å². The van der Waals surface area contributed by atoms with Gasteiger partial charge in [0.05, 0.1) is 0 Å². The van der Waals surface area contributed by atoms with E-state index < -0.39 is 11.5 Å². The SMILES string of the molecule is CC(=O)C[n+]1[nH]n(-c2ccccc2)c(=O)c1C(=O)Nc1ccccc1. The number of amides is 1. The highest BCUT2D eigenvalue weighted by atomic mass is 16.2. The summed E-state index contributed by atoms with van der Waals surface area (Å²) in [5.41, 5.74) is 0.473. The van der Waals surface area contributed by atoms with Crippen LogP contribution >= 0.6 is 0 Å². The van der Waals surface area contributed by atoms with E-state index in [1.807, 2.05) is 12.1 Å². The molecule has 3 rings (SSSR count). The number of H-pyrrole nitrogens is 1. The van der Waals surface area contributed by atoms with Crippen molar-refractivity contribution in [3.63, 3.8) is 0 Å². The number of nitrogens with one attached hydrogen (secondary N) is 2. The lowest BCUT2D eigenvalue weighted by Crippen LogP contribution is -2.47. The van der Waals surface area contributed by atoms with E-state index in [-0.39, 0.29) is 18.0 Å². The number of hydrogen-bond donors (Lipinski definition) is 2. The molecule has 2 aromatic carbocycles. The number of nitrogens with zero attached hydrogens (tertiary/aromatic N) is 2. The van der Waals surface area contributed by atoms with Crippen LogP contribution in [0.3, 0.4) is 0 Å². The molecule has 0 saturated carbocycles. The van der Waals surface area contributed by atoms with Gasteiger partial charge in [0, 0.05) is 5.69 Å². The Bertz CT molecular complexity index is 959. The van der Waals surface area contributed by atoms with Crippen molar-refractivity contribution < 1.29 is 14.3 Å². The first-order chi connectivity index (χ1) is 12.1. The van der Waals surface area contributed by atoms with Crippen LogP contribution in [0.4, 0.5) is 5.69 Å². The molecule has 0 radical (unpaired) electrons. The summed E-state index contributed by atoms with van der Waals surface area (Å²) in [5, 5.41) is 5.48. The lowest BCUT2D eigenvalue weighted by Gasteiger charge is -2.01. The highest BCUT2D eigenvalue weighted by Gasteiger charge is 2.29. The fraction of sp³-hybridized carbons (Fsp3) is 0.111. The van der Waals surface area contributed by atoms with E-state index in [9.17, 15) is 14.4 Å². The second-order valence-corrected chi connectivity index (χ2v) is 5.53. The molecule has 7 heteroatoms. The standard InChI is InChI=1S/C18H16N4O3/c1-13(23)12-21-16(17(24)19-14-8-4-2-5-9-14)18(25)22(20-21)15-10-6-3-7-11-15/h2-11H,12H2,1H3,(H-,19,20,24,25)/p+1. The number of carbonyl (C=O) groups is 2. The van der Waals surface area contributed by atoms with Crippen molar-refractivity contribution in [2.75, 3.05) is 5.32 Å². The first-order valence-electron chi connectivity index (χ1n) is 7.72. The minimum absolute atomic E-state index is 0.105. The lowest BCUT2D eigenvalue weighted by molar-refractivity contribution is -0.744. The highest BCUT2D eigenvalue weighted by molar-refractivity contribution is 6.01. The smallest absolute Gasteiger partial charge is 0.319 e. The van der Waals surface area contributed by atoms with Crippen molar-refractivity contribution in [1.82, 2.24) is 9.90 Å². The first-order valence-corrected chi connectivity index (χ1v) is 7.72. The zero-order valence-electron chi connectivity index (χ0n) is 13.6. The summed E-state index contributed by atoms with van der Waals surface area (Å²) in [6.45, 7) is 1.29. The molecule has 0 unspecified atom stereocenters. The van der Waals surface area contributed by atoms with Crippen LogP contribution in [0.25, 0.3) is 5.69 Å². The molecule has 2 N–H and O–H groups in total. The molecule has 0 fully saturated rings. The van der Waals surface area contributed by atoms with Crippen molar-refractivity contribution in [2.24, 2.45) is 0 Å². The number of benzene rings is 2. The van der Waals surface area contributed by atoms with Gasteiger partial charge in [0.1, 0.15) is 0 Å². The molecular weight excluding hydrogens is 320 g/mol. The quantitative estimate of drug-likeness (QED) is 0.688. The van der Waals surface area contributed by atoms with Crippen LogP contribution in [0.15, 0.2) is 65.5 Å². The van der Waals surface area contributed by atoms with Gasteiger partial charge in [-0.3, -0.25) is 9.59 Å². The molecule has 1 amide bonds. The minimum atomic E-state index is -0.580. The summed E-state index contributed by atoms with van der Waals surface area (Å²) in [7, 11) is 0. The van der Waals surface area contributed by atoms with E-state index in [0.29, 0.717) is 11.4 Å². The van der Waals surface area contributed by atoms with Crippen LogP contribution in [0.2, 0.25) is 0 Å². The number of anilines is 1. The van der Waals surface area contributed by atoms with E-state index in [2.05, 4.69) is 10.5 Å². The highest BCUT2D eigenvalue weighted by Crippen LogP contribution is 2.06. The maximum absolute atomic E-state index is 12.7. The van der Waals surface area contributed by atoms with Gasteiger partial charge in [-0.25, -0.2) is 4.79 Å². The van der Waals surface area contributed by atoms with E-state index in [1.54, 1.807) is 48.5 Å². The third kappa shape index (κ3) is 3.55. The van der Waals surface area contributed by atoms with Gasteiger partial charge in [-0.15, -0.1) is 4.68 Å². The Kier molecular flexibility index (Phi) is 4.56. The number of rotatable bonds is 5. The van der Waals surface area contributed by atoms with Crippen LogP contribution in [-0.2, 0) is 11.3 Å². The predicted molar refractivity (Wildman–Crippen MR) is 91.7 cm³/mol. The largest absolute Gasteiger partial charge is 0.411 e. The number of para-hydroxylation sites is 2. The third-order valence-electron chi connectivity index (χ3n) is 3.54. The summed E-state index contributed by atoms with van der Waals surface area (Å²) in [4.78, 5) is 36.9. The van der Waals surface area contributed by atoms with Gasteiger partial charge in [0.15, 0.2) is 18.0 Å². The maximum Gasteiger partial charge on any atom is 0.411 e. The van der Waals surface area contributed by atoms with Crippen LogP contribution in [0.5, 0.6) is 0 Å². The number of aromatic nitrogens is 3. The van der Waals surface area contributed by atoms with Gasteiger partial charge in [0.2, 0.25) is 0 Å². The van der Waals surface area contributed by atoms with Gasteiger partial charge in [-0.2, -0.15) is 0 Å². The molecule has 0 aliphatic carbocycles. The minimum Gasteiger partial charge on any atom is -0.319 e. The number of hydrogen-bond acceptors (Lipinski definition) is 3. The summed E-state index contributed by atoms with van der Waals surface area (Å²) < 4.78 is 2.50. The topological polar surface area (TPSA) is 87.8 Å². The molecular formula is C18H17N4O3+. The van der Waals surface area contributed by atoms with Gasteiger partial charge < -0.3 is 5.32 Å². The molecule has 0 aliphatic heterocycles. The fourth-order valence-corrected chi connectivity index (χ4v) is 2.46. The average Bonchev–Trinajstić information content (AvgIpc) is 2.92. The molecule has 3 aromatic rings. The molecule has 0 bridgehead atoms. The molecule has 1 aromatic heterocycles. The Labute approximate surface area is 143 Å². The van der Waals surface area contributed by atoms with Gasteiger partial charge >= 0.3 is 17.2 Å². The Balaban J connectivity index is 2.04. The van der Waals surface area contributed by atoms with Crippen molar-refractivity contribution >= 4 is 17.4 Å². The summed E-state index contributed by atoms with van der Waals surface area (Å²) >= 11 is 0. The summed E-state index contributed by atoms with van der Waals surface area (Å²) in [6.07, 6.45) is 0. The Morgan fingerprint density at radius 2 is 1.64 bits per heavy atom. The van der Waals surface area contributed by atoms with E-state index in [1.165, 1.54) is 16.3 Å². The molecule has 0 aliphatic rings. The zero-order chi connectivity index (χ0) is 17.8. The number of carbonyl (C=O) groups excluding carboxylic acids is 2. The molecule has 25 heavy (non-hydrogen) atoms. The van der Waals surface area contributed by atoms with Crippen LogP contribution < -0.4 is 15.6 Å².